The lowest BCUT2D eigenvalue weighted by molar-refractivity contribution is -0.144. The first-order valence-corrected chi connectivity index (χ1v) is 6.41. The van der Waals surface area contributed by atoms with Gasteiger partial charge in [0.05, 0.1) is 5.92 Å². The van der Waals surface area contributed by atoms with E-state index >= 15 is 0 Å². The van der Waals surface area contributed by atoms with Crippen LogP contribution in [0.25, 0.3) is 0 Å². The molecule has 3 unspecified atom stereocenters. The lowest BCUT2D eigenvalue weighted by atomic mass is 9.93. The molecular weight excluding hydrogens is 218 g/mol. The number of carbonyl (C=O) groups excluding carboxylic acids is 2. The minimum atomic E-state index is -0.385. The highest BCUT2D eigenvalue weighted by Crippen LogP contribution is 2.24. The number of nitrogens with zero attached hydrogens (tertiary/aromatic N) is 1. The summed E-state index contributed by atoms with van der Waals surface area (Å²) in [5, 5.41) is 3.22. The second-order valence-electron chi connectivity index (χ2n) is 5.19. The summed E-state index contributed by atoms with van der Waals surface area (Å²) in [6, 6.07) is -0.385. The fourth-order valence-electron chi connectivity index (χ4n) is 2.84. The molecule has 2 amide bonds. The van der Waals surface area contributed by atoms with Gasteiger partial charge in [0.2, 0.25) is 11.8 Å². The molecule has 3 atom stereocenters. The van der Waals surface area contributed by atoms with E-state index in [9.17, 15) is 9.59 Å². The summed E-state index contributed by atoms with van der Waals surface area (Å²) < 4.78 is 0. The normalized spacial score (nSPS) is 33.7. The molecule has 2 aliphatic rings. The number of nitrogens with two attached hydrogens (primary N) is 1. The highest BCUT2D eigenvalue weighted by Gasteiger charge is 2.38. The lowest BCUT2D eigenvalue weighted by Crippen LogP contribution is -2.53. The van der Waals surface area contributed by atoms with E-state index < -0.39 is 0 Å². The van der Waals surface area contributed by atoms with Crippen molar-refractivity contribution in [1.29, 1.82) is 0 Å². The van der Waals surface area contributed by atoms with Crippen molar-refractivity contribution in [3.8, 4) is 0 Å². The van der Waals surface area contributed by atoms with Crippen LogP contribution < -0.4 is 11.1 Å². The first kappa shape index (κ1) is 12.4. The molecule has 0 aromatic heterocycles. The van der Waals surface area contributed by atoms with Crippen molar-refractivity contribution >= 4 is 11.8 Å². The Labute approximate surface area is 102 Å². The van der Waals surface area contributed by atoms with Gasteiger partial charge < -0.3 is 16.0 Å². The number of primary amides is 1. The maximum absolute atomic E-state index is 12.4. The number of hydrogen-bond donors (Lipinski definition) is 2. The first-order chi connectivity index (χ1) is 8.11. The molecule has 0 aliphatic carbocycles. The number of piperidine rings is 1. The molecule has 96 valence electrons. The summed E-state index contributed by atoms with van der Waals surface area (Å²) in [7, 11) is 0. The third kappa shape index (κ3) is 2.44. The molecule has 0 bridgehead atoms. The van der Waals surface area contributed by atoms with Crippen LogP contribution in [-0.2, 0) is 9.59 Å². The van der Waals surface area contributed by atoms with Crippen LogP contribution >= 0.6 is 0 Å². The summed E-state index contributed by atoms with van der Waals surface area (Å²) in [5.74, 6) is 0.0931. The molecule has 2 saturated heterocycles. The third-order valence-corrected chi connectivity index (χ3v) is 3.95. The van der Waals surface area contributed by atoms with E-state index in [0.29, 0.717) is 12.5 Å². The number of amides is 2. The van der Waals surface area contributed by atoms with E-state index in [1.165, 1.54) is 0 Å². The molecule has 0 saturated carbocycles. The van der Waals surface area contributed by atoms with Gasteiger partial charge in [0, 0.05) is 13.1 Å². The smallest absolute Gasteiger partial charge is 0.240 e. The van der Waals surface area contributed by atoms with E-state index in [-0.39, 0.29) is 23.8 Å². The van der Waals surface area contributed by atoms with Crippen LogP contribution in [0.1, 0.15) is 26.2 Å². The van der Waals surface area contributed by atoms with Crippen LogP contribution in [0.4, 0.5) is 0 Å². The molecule has 0 spiro atoms. The van der Waals surface area contributed by atoms with E-state index in [1.807, 2.05) is 0 Å². The number of nitrogens with one attached hydrogen (secondary N) is 1. The van der Waals surface area contributed by atoms with Gasteiger partial charge >= 0.3 is 0 Å². The van der Waals surface area contributed by atoms with Gasteiger partial charge in [0.1, 0.15) is 6.04 Å². The van der Waals surface area contributed by atoms with Crippen molar-refractivity contribution in [2.24, 2.45) is 17.6 Å². The summed E-state index contributed by atoms with van der Waals surface area (Å²) in [6.45, 7) is 4.36. The summed E-state index contributed by atoms with van der Waals surface area (Å²) in [6.07, 6.45) is 2.68. The van der Waals surface area contributed by atoms with Gasteiger partial charge in [-0.1, -0.05) is 6.92 Å². The van der Waals surface area contributed by atoms with E-state index in [0.717, 1.165) is 32.4 Å². The SMILES string of the molecule is CC1CNCC1C(=O)N1CCCCC1C(N)=O. The standard InChI is InChI=1S/C12H21N3O2/c1-8-6-14-7-9(8)12(17)15-5-3-2-4-10(15)11(13)16/h8-10,14H,2-7H2,1H3,(H2,13,16). The first-order valence-electron chi connectivity index (χ1n) is 6.41. The second kappa shape index (κ2) is 5.04. The number of likely N-dealkylation sites (tertiary alicyclic amines) is 1. The zero-order valence-corrected chi connectivity index (χ0v) is 10.3. The van der Waals surface area contributed by atoms with Crippen LogP contribution in [0.2, 0.25) is 0 Å². The maximum atomic E-state index is 12.4. The molecule has 0 aromatic rings. The number of rotatable bonds is 2. The molecule has 2 rings (SSSR count). The Morgan fingerprint density at radius 1 is 1.29 bits per heavy atom. The maximum Gasteiger partial charge on any atom is 0.240 e. The van der Waals surface area contributed by atoms with Gasteiger partial charge in [-0.05, 0) is 31.7 Å². The summed E-state index contributed by atoms with van der Waals surface area (Å²) >= 11 is 0. The topological polar surface area (TPSA) is 75.4 Å². The van der Waals surface area contributed by atoms with E-state index in [4.69, 9.17) is 5.73 Å². The minimum Gasteiger partial charge on any atom is -0.368 e. The van der Waals surface area contributed by atoms with Gasteiger partial charge in [-0.3, -0.25) is 9.59 Å². The van der Waals surface area contributed by atoms with Crippen molar-refractivity contribution in [2.75, 3.05) is 19.6 Å². The Balaban J connectivity index is 2.08. The molecule has 0 radical (unpaired) electrons. The highest BCUT2D eigenvalue weighted by molar-refractivity contribution is 5.88. The average Bonchev–Trinajstić information content (AvgIpc) is 2.74. The van der Waals surface area contributed by atoms with Crippen LogP contribution in [0.3, 0.4) is 0 Å². The van der Waals surface area contributed by atoms with E-state index in [2.05, 4.69) is 12.2 Å². The predicted molar refractivity (Wildman–Crippen MR) is 64.1 cm³/mol. The zero-order chi connectivity index (χ0) is 12.4. The van der Waals surface area contributed by atoms with Gasteiger partial charge in [-0.2, -0.15) is 0 Å². The fourth-order valence-corrected chi connectivity index (χ4v) is 2.84. The third-order valence-electron chi connectivity index (χ3n) is 3.95. The number of carbonyl (C=O) groups is 2. The van der Waals surface area contributed by atoms with Crippen molar-refractivity contribution < 1.29 is 9.59 Å². The average molecular weight is 239 g/mol. The summed E-state index contributed by atoms with van der Waals surface area (Å²) in [5.41, 5.74) is 5.38. The number of hydrogen-bond acceptors (Lipinski definition) is 3. The lowest BCUT2D eigenvalue weighted by Gasteiger charge is -2.36. The Morgan fingerprint density at radius 2 is 2.06 bits per heavy atom. The highest BCUT2D eigenvalue weighted by atomic mass is 16.2. The van der Waals surface area contributed by atoms with Crippen LogP contribution in [0.15, 0.2) is 0 Å². The van der Waals surface area contributed by atoms with Gasteiger partial charge in [-0.25, -0.2) is 0 Å². The van der Waals surface area contributed by atoms with Crippen LogP contribution in [-0.4, -0.2) is 42.4 Å². The molecule has 17 heavy (non-hydrogen) atoms. The van der Waals surface area contributed by atoms with Crippen molar-refractivity contribution in [1.82, 2.24) is 10.2 Å². The largest absolute Gasteiger partial charge is 0.368 e. The Bertz CT molecular complexity index is 319. The molecule has 2 fully saturated rings. The van der Waals surface area contributed by atoms with Gasteiger partial charge in [-0.15, -0.1) is 0 Å². The summed E-state index contributed by atoms with van der Waals surface area (Å²) in [4.78, 5) is 25.5. The van der Waals surface area contributed by atoms with Crippen LogP contribution in [0, 0.1) is 11.8 Å². The Hall–Kier alpha value is -1.10. The Morgan fingerprint density at radius 3 is 2.65 bits per heavy atom. The molecule has 3 N–H and O–H groups in total. The predicted octanol–water partition coefficient (Wildman–Crippen LogP) is -0.292. The molecular formula is C12H21N3O2. The minimum absolute atomic E-state index is 0.00921. The van der Waals surface area contributed by atoms with Crippen LogP contribution in [0.5, 0.6) is 0 Å². The van der Waals surface area contributed by atoms with Crippen molar-refractivity contribution in [2.45, 2.75) is 32.2 Å². The van der Waals surface area contributed by atoms with Gasteiger partial charge in [0.25, 0.3) is 0 Å². The van der Waals surface area contributed by atoms with Crippen molar-refractivity contribution in [3.63, 3.8) is 0 Å². The molecule has 5 nitrogen and oxygen atoms in total. The molecule has 2 heterocycles. The Kier molecular flexibility index (Phi) is 3.66. The monoisotopic (exact) mass is 239 g/mol. The second-order valence-corrected chi connectivity index (χ2v) is 5.19. The quantitative estimate of drug-likeness (QED) is 0.695. The van der Waals surface area contributed by atoms with E-state index in [1.54, 1.807) is 4.90 Å². The fraction of sp³-hybridized carbons (Fsp3) is 0.833. The van der Waals surface area contributed by atoms with Crippen molar-refractivity contribution in [3.05, 3.63) is 0 Å². The molecule has 5 heteroatoms. The zero-order valence-electron chi connectivity index (χ0n) is 10.3. The van der Waals surface area contributed by atoms with Gasteiger partial charge in [0.15, 0.2) is 0 Å². The molecule has 2 aliphatic heterocycles. The molecule has 0 aromatic carbocycles.